The number of rotatable bonds is 9. The highest BCUT2D eigenvalue weighted by Gasteiger charge is 2.23. The summed E-state index contributed by atoms with van der Waals surface area (Å²) in [6.45, 7) is 5.97. The number of guanidine groups is 1. The van der Waals surface area contributed by atoms with Crippen molar-refractivity contribution >= 4 is 11.9 Å². The maximum absolute atomic E-state index is 11.2. The number of nitrogens with one attached hydrogen (secondary N) is 1. The lowest BCUT2D eigenvalue weighted by atomic mass is 9.95. The zero-order valence-electron chi connectivity index (χ0n) is 16.4. The minimum atomic E-state index is -0.223. The van der Waals surface area contributed by atoms with Gasteiger partial charge >= 0.3 is 0 Å². The quantitative estimate of drug-likeness (QED) is 0.391. The van der Waals surface area contributed by atoms with E-state index in [1.54, 1.807) is 7.11 Å². The van der Waals surface area contributed by atoms with Gasteiger partial charge in [0.1, 0.15) is 11.5 Å². The molecule has 1 heterocycles. The number of carbonyl (C=O) groups excluding carboxylic acids is 1. The molecule has 0 aromatic heterocycles. The van der Waals surface area contributed by atoms with Crippen LogP contribution in [0.5, 0.6) is 11.5 Å². The van der Waals surface area contributed by atoms with E-state index in [2.05, 4.69) is 17.1 Å². The molecule has 1 aliphatic heterocycles. The number of benzene rings is 1. The molecule has 1 saturated heterocycles. The molecule has 2 rings (SSSR count). The first-order chi connectivity index (χ1) is 13.1. The minimum absolute atomic E-state index is 0.223. The van der Waals surface area contributed by atoms with E-state index in [4.69, 9.17) is 20.2 Å². The highest BCUT2D eigenvalue weighted by Crippen LogP contribution is 2.19. The van der Waals surface area contributed by atoms with E-state index in [-0.39, 0.29) is 5.91 Å². The predicted molar refractivity (Wildman–Crippen MR) is 107 cm³/mol. The number of carbonyl (C=O) groups is 1. The predicted octanol–water partition coefficient (Wildman–Crippen LogP) is 2.02. The number of ether oxygens (including phenoxy) is 2. The summed E-state index contributed by atoms with van der Waals surface area (Å²) in [5.41, 5.74) is 5.36. The van der Waals surface area contributed by atoms with Crippen LogP contribution in [0.25, 0.3) is 0 Å². The fourth-order valence-corrected chi connectivity index (χ4v) is 3.25. The Morgan fingerprint density at radius 1 is 1.33 bits per heavy atom. The van der Waals surface area contributed by atoms with Crippen LogP contribution >= 0.6 is 0 Å². The van der Waals surface area contributed by atoms with Crippen molar-refractivity contribution < 1.29 is 14.3 Å². The summed E-state index contributed by atoms with van der Waals surface area (Å²) in [6, 6.07) is 7.57. The number of likely N-dealkylation sites (tertiary alicyclic amines) is 1. The van der Waals surface area contributed by atoms with Crippen LogP contribution in [0.4, 0.5) is 0 Å². The molecule has 1 aliphatic rings. The summed E-state index contributed by atoms with van der Waals surface area (Å²) in [4.78, 5) is 18.2. The zero-order valence-corrected chi connectivity index (χ0v) is 16.4. The van der Waals surface area contributed by atoms with Crippen LogP contribution in [0.2, 0.25) is 0 Å². The van der Waals surface area contributed by atoms with Gasteiger partial charge in [0.25, 0.3) is 0 Å². The number of nitrogens with two attached hydrogens (primary N) is 1. The third-order valence-corrected chi connectivity index (χ3v) is 4.54. The molecule has 0 radical (unpaired) electrons. The lowest BCUT2D eigenvalue weighted by Gasteiger charge is -2.34. The van der Waals surface area contributed by atoms with E-state index in [9.17, 15) is 4.79 Å². The molecule has 1 atom stereocenters. The summed E-state index contributed by atoms with van der Waals surface area (Å²) in [6.07, 6.45) is 3.39. The number of methoxy groups -OCH3 is 1. The summed E-state index contributed by atoms with van der Waals surface area (Å²) < 4.78 is 10.9. The van der Waals surface area contributed by atoms with Crippen molar-refractivity contribution in [1.82, 2.24) is 10.2 Å². The van der Waals surface area contributed by atoms with Gasteiger partial charge in [-0.1, -0.05) is 0 Å². The summed E-state index contributed by atoms with van der Waals surface area (Å²) >= 11 is 0. The molecule has 3 N–H and O–H groups in total. The number of hydrogen-bond donors (Lipinski definition) is 2. The van der Waals surface area contributed by atoms with Crippen molar-refractivity contribution in [2.24, 2.45) is 16.6 Å². The molecule has 1 amide bonds. The average molecular weight is 377 g/mol. The van der Waals surface area contributed by atoms with E-state index in [1.165, 1.54) is 0 Å². The Labute approximate surface area is 161 Å². The van der Waals surface area contributed by atoms with Gasteiger partial charge in [-0.2, -0.15) is 0 Å². The second kappa shape index (κ2) is 11.3. The van der Waals surface area contributed by atoms with Gasteiger partial charge in [-0.3, -0.25) is 9.79 Å². The van der Waals surface area contributed by atoms with Crippen LogP contribution in [0.15, 0.2) is 29.3 Å². The Morgan fingerprint density at radius 2 is 2.07 bits per heavy atom. The molecule has 1 unspecified atom stereocenters. The molecule has 0 aliphatic carbocycles. The molecular weight excluding hydrogens is 344 g/mol. The lowest BCUT2D eigenvalue weighted by Crippen LogP contribution is -2.47. The SMILES string of the molecule is CCNC(=NCCCOc1ccc(OC)cc1)N1CCCC(CC(N)=O)C1. The standard InChI is InChI=1S/C20H32N4O3/c1-3-22-20(24-12-4-6-16(15-24)14-19(21)25)23-11-5-13-27-18-9-7-17(26-2)8-10-18/h7-10,16H,3-6,11-15H2,1-2H3,(H2,21,25)(H,22,23). The summed E-state index contributed by atoms with van der Waals surface area (Å²) in [5.74, 6) is 2.66. The van der Waals surface area contributed by atoms with E-state index in [1.807, 2.05) is 24.3 Å². The molecule has 1 aromatic rings. The Kier molecular flexibility index (Phi) is 8.74. The Bertz CT molecular complexity index is 604. The summed E-state index contributed by atoms with van der Waals surface area (Å²) in [5, 5.41) is 3.35. The van der Waals surface area contributed by atoms with Crippen molar-refractivity contribution in [1.29, 1.82) is 0 Å². The van der Waals surface area contributed by atoms with Crippen molar-refractivity contribution in [2.45, 2.75) is 32.6 Å². The first-order valence-electron chi connectivity index (χ1n) is 9.70. The van der Waals surface area contributed by atoms with Crippen LogP contribution in [-0.4, -0.2) is 56.7 Å². The average Bonchev–Trinajstić information content (AvgIpc) is 2.67. The third-order valence-electron chi connectivity index (χ3n) is 4.54. The molecule has 0 bridgehead atoms. The second-order valence-electron chi connectivity index (χ2n) is 6.74. The first kappa shape index (κ1) is 20.9. The van der Waals surface area contributed by atoms with Crippen LogP contribution in [0.1, 0.15) is 32.6 Å². The topological polar surface area (TPSA) is 89.2 Å². The molecule has 27 heavy (non-hydrogen) atoms. The van der Waals surface area contributed by atoms with Crippen LogP contribution < -0.4 is 20.5 Å². The zero-order chi connectivity index (χ0) is 19.5. The van der Waals surface area contributed by atoms with Gasteiger partial charge in [-0.25, -0.2) is 0 Å². The van der Waals surface area contributed by atoms with Gasteiger partial charge in [-0.15, -0.1) is 0 Å². The van der Waals surface area contributed by atoms with Gasteiger partial charge in [0.05, 0.1) is 13.7 Å². The number of aliphatic imine (C=N–C) groups is 1. The van der Waals surface area contributed by atoms with Gasteiger partial charge in [0, 0.05) is 39.0 Å². The molecule has 0 spiro atoms. The maximum Gasteiger partial charge on any atom is 0.217 e. The third kappa shape index (κ3) is 7.37. The van der Waals surface area contributed by atoms with Gasteiger partial charge in [0.2, 0.25) is 5.91 Å². The molecule has 150 valence electrons. The van der Waals surface area contributed by atoms with Crippen molar-refractivity contribution in [2.75, 3.05) is 39.9 Å². The van der Waals surface area contributed by atoms with E-state index in [0.717, 1.165) is 56.4 Å². The minimum Gasteiger partial charge on any atom is -0.497 e. The molecule has 0 saturated carbocycles. The molecule has 7 heteroatoms. The highest BCUT2D eigenvalue weighted by molar-refractivity contribution is 5.80. The first-order valence-corrected chi connectivity index (χ1v) is 9.70. The smallest absolute Gasteiger partial charge is 0.217 e. The summed E-state index contributed by atoms with van der Waals surface area (Å²) in [7, 11) is 1.65. The van der Waals surface area contributed by atoms with Crippen LogP contribution in [0, 0.1) is 5.92 Å². The normalized spacial score (nSPS) is 17.5. The largest absolute Gasteiger partial charge is 0.497 e. The Balaban J connectivity index is 1.79. The molecule has 1 fully saturated rings. The Hall–Kier alpha value is -2.44. The number of hydrogen-bond acceptors (Lipinski definition) is 4. The van der Waals surface area contributed by atoms with Crippen LogP contribution in [-0.2, 0) is 4.79 Å². The Morgan fingerprint density at radius 3 is 2.74 bits per heavy atom. The van der Waals surface area contributed by atoms with Crippen molar-refractivity contribution in [3.05, 3.63) is 24.3 Å². The van der Waals surface area contributed by atoms with Gasteiger partial charge < -0.3 is 25.4 Å². The fourth-order valence-electron chi connectivity index (χ4n) is 3.25. The van der Waals surface area contributed by atoms with Gasteiger partial charge in [-0.05, 0) is 49.9 Å². The van der Waals surface area contributed by atoms with Crippen molar-refractivity contribution in [3.8, 4) is 11.5 Å². The van der Waals surface area contributed by atoms with Crippen molar-refractivity contribution in [3.63, 3.8) is 0 Å². The van der Waals surface area contributed by atoms with Gasteiger partial charge in [0.15, 0.2) is 5.96 Å². The second-order valence-corrected chi connectivity index (χ2v) is 6.74. The number of primary amides is 1. The number of amides is 1. The molecular formula is C20H32N4O3. The van der Waals surface area contributed by atoms with E-state index < -0.39 is 0 Å². The number of piperidine rings is 1. The monoisotopic (exact) mass is 376 g/mol. The van der Waals surface area contributed by atoms with E-state index >= 15 is 0 Å². The molecule has 7 nitrogen and oxygen atoms in total. The molecule has 1 aromatic carbocycles. The fraction of sp³-hybridized carbons (Fsp3) is 0.600. The number of nitrogens with zero attached hydrogens (tertiary/aromatic N) is 2. The van der Waals surface area contributed by atoms with E-state index in [0.29, 0.717) is 25.5 Å². The highest BCUT2D eigenvalue weighted by atomic mass is 16.5. The van der Waals surface area contributed by atoms with Crippen LogP contribution in [0.3, 0.4) is 0 Å². The lowest BCUT2D eigenvalue weighted by molar-refractivity contribution is -0.119. The maximum atomic E-state index is 11.2.